The maximum atomic E-state index is 13.2. The number of carbonyl (C=O) groups is 2. The zero-order valence-corrected chi connectivity index (χ0v) is 14.6. The van der Waals surface area contributed by atoms with Gasteiger partial charge in [-0.3, -0.25) is 0 Å². The second-order valence-corrected chi connectivity index (χ2v) is 7.22. The van der Waals surface area contributed by atoms with E-state index in [1.165, 1.54) is 44.2 Å². The van der Waals surface area contributed by atoms with E-state index in [4.69, 9.17) is 10.2 Å². The number of halogens is 1. The molecule has 1 spiro atoms. The first kappa shape index (κ1) is 20.1. The number of aliphatic hydroxyl groups is 1. The zero-order valence-electron chi connectivity index (χ0n) is 14.6. The van der Waals surface area contributed by atoms with Crippen molar-refractivity contribution in [2.45, 2.75) is 51.0 Å². The van der Waals surface area contributed by atoms with Crippen molar-refractivity contribution in [2.24, 2.45) is 11.3 Å². The van der Waals surface area contributed by atoms with Gasteiger partial charge in [-0.25, -0.2) is 14.0 Å². The molecule has 2 atom stereocenters. The Kier molecular flexibility index (Phi) is 6.91. The summed E-state index contributed by atoms with van der Waals surface area (Å²) in [6.07, 6.45) is 9.47. The third-order valence-corrected chi connectivity index (χ3v) is 5.41. The van der Waals surface area contributed by atoms with Crippen LogP contribution in [0, 0.1) is 17.2 Å². The number of benzene rings is 1. The molecule has 142 valence electrons. The summed E-state index contributed by atoms with van der Waals surface area (Å²) in [5, 5.41) is 26.0. The highest BCUT2D eigenvalue weighted by atomic mass is 19.1. The molecular formula is C20H25FO5. The number of carboxylic acids is 2. The number of rotatable bonds is 4. The second-order valence-electron chi connectivity index (χ2n) is 7.22. The maximum absolute atomic E-state index is 13.2. The molecule has 1 aromatic rings. The summed E-state index contributed by atoms with van der Waals surface area (Å²) in [5.74, 6) is -2.44. The van der Waals surface area contributed by atoms with Crippen molar-refractivity contribution in [3.8, 4) is 0 Å². The fourth-order valence-corrected chi connectivity index (χ4v) is 4.21. The highest BCUT2D eigenvalue weighted by Gasteiger charge is 2.43. The van der Waals surface area contributed by atoms with Crippen LogP contribution < -0.4 is 0 Å². The summed E-state index contributed by atoms with van der Waals surface area (Å²) < 4.78 is 13.2. The molecule has 2 aliphatic carbocycles. The van der Waals surface area contributed by atoms with Gasteiger partial charge in [0.2, 0.25) is 0 Å². The Bertz CT molecular complexity index is 648. The quantitative estimate of drug-likeness (QED) is 0.704. The molecule has 5 nitrogen and oxygen atoms in total. The molecule has 2 saturated carbocycles. The molecule has 3 N–H and O–H groups in total. The Hall–Kier alpha value is -2.21. The predicted octanol–water partition coefficient (Wildman–Crippen LogP) is 3.93. The van der Waals surface area contributed by atoms with E-state index in [1.807, 2.05) is 6.07 Å². The van der Waals surface area contributed by atoms with E-state index in [-0.39, 0.29) is 5.82 Å². The van der Waals surface area contributed by atoms with Crippen molar-refractivity contribution in [2.75, 3.05) is 0 Å². The van der Waals surface area contributed by atoms with Gasteiger partial charge in [0.25, 0.3) is 0 Å². The second kappa shape index (κ2) is 8.94. The summed E-state index contributed by atoms with van der Waals surface area (Å²) in [4.78, 5) is 19.1. The minimum Gasteiger partial charge on any atom is -0.478 e. The van der Waals surface area contributed by atoms with Crippen molar-refractivity contribution in [3.63, 3.8) is 0 Å². The molecule has 6 heteroatoms. The van der Waals surface area contributed by atoms with E-state index in [0.717, 1.165) is 18.4 Å². The van der Waals surface area contributed by atoms with Crippen LogP contribution in [-0.4, -0.2) is 27.3 Å². The summed E-state index contributed by atoms with van der Waals surface area (Å²) in [7, 11) is 0. The Morgan fingerprint density at radius 1 is 1.12 bits per heavy atom. The number of hydrogen-bond donors (Lipinski definition) is 3. The molecular weight excluding hydrogens is 339 g/mol. The molecule has 0 saturated heterocycles. The predicted molar refractivity (Wildman–Crippen MR) is 94.0 cm³/mol. The van der Waals surface area contributed by atoms with Crippen LogP contribution >= 0.6 is 0 Å². The van der Waals surface area contributed by atoms with Gasteiger partial charge in [-0.2, -0.15) is 0 Å². The number of aliphatic hydroxyl groups excluding tert-OH is 1. The van der Waals surface area contributed by atoms with E-state index >= 15 is 0 Å². The Labute approximate surface area is 152 Å². The first-order chi connectivity index (χ1) is 12.3. The van der Waals surface area contributed by atoms with E-state index in [9.17, 15) is 19.1 Å². The fraction of sp³-hybridized carbons (Fsp3) is 0.500. The van der Waals surface area contributed by atoms with Gasteiger partial charge in [-0.15, -0.1) is 0 Å². The zero-order chi connectivity index (χ0) is 19.2. The number of carboxylic acid groups (broad SMARTS) is 2. The molecule has 3 rings (SSSR count). The van der Waals surface area contributed by atoms with Crippen LogP contribution in [0.25, 0.3) is 0 Å². The van der Waals surface area contributed by atoms with Crippen LogP contribution in [0.2, 0.25) is 0 Å². The summed E-state index contributed by atoms with van der Waals surface area (Å²) >= 11 is 0. The van der Waals surface area contributed by atoms with Gasteiger partial charge in [0, 0.05) is 12.2 Å². The van der Waals surface area contributed by atoms with Crippen LogP contribution in [0.15, 0.2) is 36.4 Å². The minimum atomic E-state index is -1.26. The van der Waals surface area contributed by atoms with E-state index < -0.39 is 18.0 Å². The van der Waals surface area contributed by atoms with Gasteiger partial charge < -0.3 is 15.3 Å². The van der Waals surface area contributed by atoms with E-state index in [2.05, 4.69) is 0 Å². The molecule has 0 aromatic heterocycles. The molecule has 0 heterocycles. The van der Waals surface area contributed by atoms with Crippen LogP contribution in [0.1, 0.15) is 56.6 Å². The summed E-state index contributed by atoms with van der Waals surface area (Å²) in [6.45, 7) is 0. The average Bonchev–Trinajstić information content (AvgIpc) is 3.23. The van der Waals surface area contributed by atoms with Crippen molar-refractivity contribution < 1.29 is 29.3 Å². The molecule has 26 heavy (non-hydrogen) atoms. The summed E-state index contributed by atoms with van der Waals surface area (Å²) in [5.41, 5.74) is 1.26. The third-order valence-electron chi connectivity index (χ3n) is 5.41. The van der Waals surface area contributed by atoms with Crippen LogP contribution in [0.5, 0.6) is 0 Å². The molecule has 0 amide bonds. The third kappa shape index (κ3) is 5.66. The largest absolute Gasteiger partial charge is 0.478 e. The monoisotopic (exact) mass is 364 g/mol. The molecule has 0 aliphatic heterocycles. The molecule has 0 bridgehead atoms. The van der Waals surface area contributed by atoms with Gasteiger partial charge in [0.15, 0.2) is 0 Å². The lowest BCUT2D eigenvalue weighted by Gasteiger charge is -2.24. The van der Waals surface area contributed by atoms with Gasteiger partial charge in [-0.05, 0) is 61.1 Å². The van der Waals surface area contributed by atoms with E-state index in [0.29, 0.717) is 23.5 Å². The number of hydrogen-bond acceptors (Lipinski definition) is 3. The minimum absolute atomic E-state index is 0.250. The summed E-state index contributed by atoms with van der Waals surface area (Å²) in [6, 6.07) is 6.44. The Morgan fingerprint density at radius 2 is 1.73 bits per heavy atom. The normalized spacial score (nSPS) is 22.2. The van der Waals surface area contributed by atoms with Crippen LogP contribution in [0.4, 0.5) is 4.39 Å². The van der Waals surface area contributed by atoms with Crippen molar-refractivity contribution in [1.29, 1.82) is 0 Å². The average molecular weight is 364 g/mol. The molecule has 0 unspecified atom stereocenters. The maximum Gasteiger partial charge on any atom is 0.328 e. The fourth-order valence-electron chi connectivity index (χ4n) is 4.21. The standard InChI is InChI=1S/C16H21FO.C4H4O4/c17-14-5-3-4-12(10-14)15(18)13-6-9-16(11-13)7-1-2-8-16;5-3(6)1-2-4(7)8/h3-5,10,13,15,18H,1-2,6-9,11H2;1-2H,(H,5,6)(H,7,8)/b;2-1-/t13-,15-;/m0./s1. The smallest absolute Gasteiger partial charge is 0.328 e. The molecule has 2 fully saturated rings. The van der Waals surface area contributed by atoms with Crippen LogP contribution in [0.3, 0.4) is 0 Å². The topological polar surface area (TPSA) is 94.8 Å². The van der Waals surface area contributed by atoms with Crippen molar-refractivity contribution in [1.82, 2.24) is 0 Å². The van der Waals surface area contributed by atoms with Gasteiger partial charge in [0.1, 0.15) is 5.82 Å². The molecule has 0 radical (unpaired) electrons. The SMILES string of the molecule is O=C(O)/C=C\C(=O)O.O[C@@H](c1cccc(F)c1)[C@H]1CCC2(CCCC2)C1. The highest BCUT2D eigenvalue weighted by molar-refractivity contribution is 5.89. The van der Waals surface area contributed by atoms with Crippen LogP contribution in [-0.2, 0) is 9.59 Å². The first-order valence-electron chi connectivity index (χ1n) is 8.89. The highest BCUT2D eigenvalue weighted by Crippen LogP contribution is 2.55. The van der Waals surface area contributed by atoms with E-state index in [1.54, 1.807) is 6.07 Å². The van der Waals surface area contributed by atoms with Crippen molar-refractivity contribution >= 4 is 11.9 Å². The number of aliphatic carboxylic acids is 2. The van der Waals surface area contributed by atoms with Crippen molar-refractivity contribution in [3.05, 3.63) is 47.8 Å². The lowest BCUT2D eigenvalue weighted by atomic mass is 9.82. The van der Waals surface area contributed by atoms with Gasteiger partial charge in [-0.1, -0.05) is 25.0 Å². The Balaban J connectivity index is 0.000000260. The van der Waals surface area contributed by atoms with Gasteiger partial charge >= 0.3 is 11.9 Å². The lowest BCUT2D eigenvalue weighted by molar-refractivity contribution is -0.134. The first-order valence-corrected chi connectivity index (χ1v) is 8.89. The molecule has 2 aliphatic rings. The molecule has 1 aromatic carbocycles. The Morgan fingerprint density at radius 3 is 2.27 bits per heavy atom. The lowest BCUT2D eigenvalue weighted by Crippen LogP contribution is -2.15. The van der Waals surface area contributed by atoms with Gasteiger partial charge in [0.05, 0.1) is 6.10 Å².